The van der Waals surface area contributed by atoms with Crippen LogP contribution in [0.2, 0.25) is 0 Å². The standard InChI is InChI=1S/C11H17NO4/c13-10(9-2-1-7-16-9)12-5-3-8(4-6-12)11(14)15/h8-9H,1-7H2,(H,14,15). The molecule has 2 fully saturated rings. The molecule has 1 atom stereocenters. The smallest absolute Gasteiger partial charge is 0.306 e. The molecular weight excluding hydrogens is 210 g/mol. The van der Waals surface area contributed by atoms with Gasteiger partial charge in [-0.25, -0.2) is 0 Å². The first-order valence-electron chi connectivity index (χ1n) is 5.81. The second kappa shape index (κ2) is 4.82. The van der Waals surface area contributed by atoms with Gasteiger partial charge in [-0.2, -0.15) is 0 Å². The second-order valence-electron chi connectivity index (χ2n) is 4.44. The maximum atomic E-state index is 11.9. The minimum Gasteiger partial charge on any atom is -0.481 e. The van der Waals surface area contributed by atoms with Crippen molar-refractivity contribution >= 4 is 11.9 Å². The minimum absolute atomic E-state index is 0.0429. The lowest BCUT2D eigenvalue weighted by atomic mass is 9.96. The van der Waals surface area contributed by atoms with E-state index in [4.69, 9.17) is 9.84 Å². The summed E-state index contributed by atoms with van der Waals surface area (Å²) in [6.07, 6.45) is 2.60. The zero-order chi connectivity index (χ0) is 11.5. The third-order valence-electron chi connectivity index (χ3n) is 3.36. The van der Waals surface area contributed by atoms with Gasteiger partial charge in [-0.15, -0.1) is 0 Å². The molecule has 0 saturated carbocycles. The fourth-order valence-electron chi connectivity index (χ4n) is 2.32. The molecule has 16 heavy (non-hydrogen) atoms. The monoisotopic (exact) mass is 227 g/mol. The molecule has 5 nitrogen and oxygen atoms in total. The van der Waals surface area contributed by atoms with Crippen molar-refractivity contribution in [3.05, 3.63) is 0 Å². The van der Waals surface area contributed by atoms with Gasteiger partial charge < -0.3 is 14.7 Å². The predicted molar refractivity (Wildman–Crippen MR) is 55.9 cm³/mol. The Kier molecular flexibility index (Phi) is 3.43. The number of ether oxygens (including phenoxy) is 1. The van der Waals surface area contributed by atoms with Crippen LogP contribution < -0.4 is 0 Å². The summed E-state index contributed by atoms with van der Waals surface area (Å²) in [5.74, 6) is -0.987. The lowest BCUT2D eigenvalue weighted by Gasteiger charge is -2.31. The lowest BCUT2D eigenvalue weighted by molar-refractivity contribution is -0.148. The number of carbonyl (C=O) groups is 2. The highest BCUT2D eigenvalue weighted by atomic mass is 16.5. The first-order valence-corrected chi connectivity index (χ1v) is 5.81. The van der Waals surface area contributed by atoms with E-state index in [1.54, 1.807) is 4.90 Å². The average molecular weight is 227 g/mol. The number of amides is 1. The number of piperidine rings is 1. The molecule has 1 unspecified atom stereocenters. The van der Waals surface area contributed by atoms with Crippen molar-refractivity contribution in [2.45, 2.75) is 31.8 Å². The van der Waals surface area contributed by atoms with E-state index in [1.807, 2.05) is 0 Å². The van der Waals surface area contributed by atoms with Gasteiger partial charge in [0.15, 0.2) is 0 Å². The molecule has 1 N–H and O–H groups in total. The van der Waals surface area contributed by atoms with Gasteiger partial charge in [0, 0.05) is 19.7 Å². The zero-order valence-corrected chi connectivity index (χ0v) is 9.22. The number of carboxylic acid groups (broad SMARTS) is 1. The van der Waals surface area contributed by atoms with Gasteiger partial charge in [-0.05, 0) is 25.7 Å². The largest absolute Gasteiger partial charge is 0.481 e. The maximum Gasteiger partial charge on any atom is 0.306 e. The molecule has 2 saturated heterocycles. The Balaban J connectivity index is 1.84. The Morgan fingerprint density at radius 2 is 1.88 bits per heavy atom. The Hall–Kier alpha value is -1.10. The maximum absolute atomic E-state index is 11.9. The van der Waals surface area contributed by atoms with Gasteiger partial charge in [0.25, 0.3) is 5.91 Å². The number of aliphatic carboxylic acids is 1. The fourth-order valence-corrected chi connectivity index (χ4v) is 2.32. The Bertz CT molecular complexity index is 278. The molecule has 0 bridgehead atoms. The van der Waals surface area contributed by atoms with Crippen LogP contribution in [0.1, 0.15) is 25.7 Å². The van der Waals surface area contributed by atoms with Crippen LogP contribution >= 0.6 is 0 Å². The van der Waals surface area contributed by atoms with E-state index in [0.29, 0.717) is 32.5 Å². The highest BCUT2D eigenvalue weighted by molar-refractivity contribution is 5.81. The number of rotatable bonds is 2. The van der Waals surface area contributed by atoms with E-state index < -0.39 is 5.97 Å². The van der Waals surface area contributed by atoms with E-state index in [0.717, 1.165) is 12.8 Å². The van der Waals surface area contributed by atoms with Gasteiger partial charge in [-0.3, -0.25) is 9.59 Å². The summed E-state index contributed by atoms with van der Waals surface area (Å²) < 4.78 is 5.33. The Morgan fingerprint density at radius 1 is 1.19 bits per heavy atom. The molecule has 0 aromatic carbocycles. The van der Waals surface area contributed by atoms with Crippen molar-refractivity contribution in [2.75, 3.05) is 19.7 Å². The number of carbonyl (C=O) groups excluding carboxylic acids is 1. The number of likely N-dealkylation sites (tertiary alicyclic amines) is 1. The number of hydrogen-bond acceptors (Lipinski definition) is 3. The number of nitrogens with zero attached hydrogens (tertiary/aromatic N) is 1. The van der Waals surface area contributed by atoms with E-state index in [9.17, 15) is 9.59 Å². The van der Waals surface area contributed by atoms with Crippen LogP contribution in [-0.2, 0) is 14.3 Å². The van der Waals surface area contributed by atoms with Crippen molar-refractivity contribution in [3.63, 3.8) is 0 Å². The Labute approximate surface area is 94.4 Å². The van der Waals surface area contributed by atoms with Crippen LogP contribution in [0.15, 0.2) is 0 Å². The van der Waals surface area contributed by atoms with Crippen LogP contribution in [0.4, 0.5) is 0 Å². The molecule has 90 valence electrons. The summed E-state index contributed by atoms with van der Waals surface area (Å²) in [5, 5.41) is 8.85. The number of carboxylic acids is 1. The average Bonchev–Trinajstić information content (AvgIpc) is 2.81. The third kappa shape index (κ3) is 2.35. The fraction of sp³-hybridized carbons (Fsp3) is 0.818. The van der Waals surface area contributed by atoms with Crippen LogP contribution in [0.5, 0.6) is 0 Å². The van der Waals surface area contributed by atoms with Crippen LogP contribution in [0, 0.1) is 5.92 Å². The van der Waals surface area contributed by atoms with Gasteiger partial charge in [-0.1, -0.05) is 0 Å². The zero-order valence-electron chi connectivity index (χ0n) is 9.22. The topological polar surface area (TPSA) is 66.8 Å². The van der Waals surface area contributed by atoms with E-state index in [-0.39, 0.29) is 17.9 Å². The van der Waals surface area contributed by atoms with Crippen molar-refractivity contribution in [3.8, 4) is 0 Å². The van der Waals surface area contributed by atoms with Crippen molar-refractivity contribution in [2.24, 2.45) is 5.92 Å². The molecule has 0 aromatic heterocycles. The molecule has 0 radical (unpaired) electrons. The van der Waals surface area contributed by atoms with Crippen molar-refractivity contribution in [1.29, 1.82) is 0 Å². The van der Waals surface area contributed by atoms with Crippen LogP contribution in [0.3, 0.4) is 0 Å². The molecule has 2 heterocycles. The second-order valence-corrected chi connectivity index (χ2v) is 4.44. The first kappa shape index (κ1) is 11.4. The minimum atomic E-state index is -0.746. The predicted octanol–water partition coefficient (Wildman–Crippen LogP) is 0.489. The summed E-state index contributed by atoms with van der Waals surface area (Å²) in [5.41, 5.74) is 0. The SMILES string of the molecule is O=C(O)C1CCN(C(=O)C2CCCO2)CC1. The molecule has 2 aliphatic heterocycles. The summed E-state index contributed by atoms with van der Waals surface area (Å²) in [6, 6.07) is 0. The van der Waals surface area contributed by atoms with Crippen LogP contribution in [0.25, 0.3) is 0 Å². The van der Waals surface area contributed by atoms with E-state index >= 15 is 0 Å². The first-order chi connectivity index (χ1) is 7.68. The van der Waals surface area contributed by atoms with E-state index in [2.05, 4.69) is 0 Å². The molecule has 0 aromatic rings. The van der Waals surface area contributed by atoms with Gasteiger partial charge in [0.05, 0.1) is 5.92 Å². The molecule has 2 aliphatic rings. The third-order valence-corrected chi connectivity index (χ3v) is 3.36. The molecule has 2 rings (SSSR count). The summed E-state index contributed by atoms with van der Waals surface area (Å²) in [7, 11) is 0. The summed E-state index contributed by atoms with van der Waals surface area (Å²) >= 11 is 0. The van der Waals surface area contributed by atoms with Gasteiger partial charge in [0.2, 0.25) is 0 Å². The quantitative estimate of drug-likeness (QED) is 0.745. The molecule has 0 aliphatic carbocycles. The molecule has 1 amide bonds. The van der Waals surface area contributed by atoms with Crippen LogP contribution in [-0.4, -0.2) is 47.7 Å². The highest BCUT2D eigenvalue weighted by Gasteiger charge is 2.32. The van der Waals surface area contributed by atoms with Gasteiger partial charge >= 0.3 is 5.97 Å². The lowest BCUT2D eigenvalue weighted by Crippen LogP contribution is -2.44. The van der Waals surface area contributed by atoms with Crippen molar-refractivity contribution in [1.82, 2.24) is 4.90 Å². The summed E-state index contributed by atoms with van der Waals surface area (Å²) in [4.78, 5) is 24.4. The van der Waals surface area contributed by atoms with Crippen molar-refractivity contribution < 1.29 is 19.4 Å². The van der Waals surface area contributed by atoms with Gasteiger partial charge in [0.1, 0.15) is 6.10 Å². The van der Waals surface area contributed by atoms with E-state index in [1.165, 1.54) is 0 Å². The molecular formula is C11H17NO4. The normalized spacial score (nSPS) is 27.0. The summed E-state index contributed by atoms with van der Waals surface area (Å²) in [6.45, 7) is 1.77. The molecule has 0 spiro atoms. The Morgan fingerprint density at radius 3 is 2.38 bits per heavy atom. The molecule has 5 heteroatoms. The number of hydrogen-bond donors (Lipinski definition) is 1. The highest BCUT2D eigenvalue weighted by Crippen LogP contribution is 2.21.